The predicted molar refractivity (Wildman–Crippen MR) is 81.1 cm³/mol. The van der Waals surface area contributed by atoms with E-state index in [9.17, 15) is 22.0 Å². The van der Waals surface area contributed by atoms with Crippen LogP contribution in [0.1, 0.15) is 16.8 Å². The Kier molecular flexibility index (Phi) is 5.33. The van der Waals surface area contributed by atoms with Gasteiger partial charge in [-0.15, -0.1) is 0 Å². The highest BCUT2D eigenvalue weighted by Crippen LogP contribution is 2.15. The Balaban J connectivity index is 2.13. The lowest BCUT2D eigenvalue weighted by Crippen LogP contribution is -2.42. The van der Waals surface area contributed by atoms with Crippen molar-refractivity contribution >= 4 is 16.1 Å². The van der Waals surface area contributed by atoms with Crippen LogP contribution in [0.3, 0.4) is 0 Å². The van der Waals surface area contributed by atoms with E-state index in [1.807, 2.05) is 0 Å². The molecule has 1 aromatic carbocycles. The Labute approximate surface area is 134 Å². The van der Waals surface area contributed by atoms with Crippen LogP contribution in [0.15, 0.2) is 18.2 Å². The standard InChI is InChI=1S/C14H19F2N3O3S/c1-17(2)23(21,22)19-7-3-6-18(8-9-19)14(20)12-5-4-11(15)10-13(12)16/h4-5,10H,3,6-9H2,1-2H3. The molecule has 6 nitrogen and oxygen atoms in total. The lowest BCUT2D eigenvalue weighted by Gasteiger charge is -2.24. The average Bonchev–Trinajstić information content (AvgIpc) is 2.72. The lowest BCUT2D eigenvalue weighted by atomic mass is 10.1. The maximum atomic E-state index is 13.7. The molecule has 2 rings (SSSR count). The van der Waals surface area contributed by atoms with Crippen molar-refractivity contribution in [1.29, 1.82) is 0 Å². The van der Waals surface area contributed by atoms with Crippen LogP contribution in [-0.2, 0) is 10.2 Å². The second kappa shape index (κ2) is 6.90. The van der Waals surface area contributed by atoms with Crippen LogP contribution >= 0.6 is 0 Å². The molecule has 1 aliphatic heterocycles. The van der Waals surface area contributed by atoms with Crippen LogP contribution in [0.25, 0.3) is 0 Å². The van der Waals surface area contributed by atoms with Crippen molar-refractivity contribution in [3.8, 4) is 0 Å². The van der Waals surface area contributed by atoms with Gasteiger partial charge in [0.05, 0.1) is 5.56 Å². The molecule has 9 heteroatoms. The molecule has 0 atom stereocenters. The van der Waals surface area contributed by atoms with Gasteiger partial charge in [-0.1, -0.05) is 0 Å². The highest BCUT2D eigenvalue weighted by molar-refractivity contribution is 7.86. The summed E-state index contributed by atoms with van der Waals surface area (Å²) < 4.78 is 53.3. The molecule has 1 saturated heterocycles. The summed E-state index contributed by atoms with van der Waals surface area (Å²) in [6.07, 6.45) is 0.446. The van der Waals surface area contributed by atoms with Crippen LogP contribution < -0.4 is 0 Å². The fraction of sp³-hybridized carbons (Fsp3) is 0.500. The van der Waals surface area contributed by atoms with E-state index >= 15 is 0 Å². The molecule has 128 valence electrons. The summed E-state index contributed by atoms with van der Waals surface area (Å²) >= 11 is 0. The second-order valence-electron chi connectivity index (χ2n) is 5.46. The van der Waals surface area contributed by atoms with E-state index in [-0.39, 0.29) is 25.2 Å². The molecule has 0 unspecified atom stereocenters. The summed E-state index contributed by atoms with van der Waals surface area (Å²) in [6.45, 7) is 0.892. The summed E-state index contributed by atoms with van der Waals surface area (Å²) in [4.78, 5) is 13.8. The molecule has 0 aromatic heterocycles. The maximum absolute atomic E-state index is 13.7. The van der Waals surface area contributed by atoms with Gasteiger partial charge in [0.2, 0.25) is 0 Å². The third-order valence-corrected chi connectivity index (χ3v) is 5.63. The number of hydrogen-bond donors (Lipinski definition) is 0. The average molecular weight is 347 g/mol. The first-order valence-corrected chi connectivity index (χ1v) is 8.55. The highest BCUT2D eigenvalue weighted by atomic mass is 32.2. The van der Waals surface area contributed by atoms with E-state index in [1.165, 1.54) is 23.3 Å². The number of carbonyl (C=O) groups is 1. The highest BCUT2D eigenvalue weighted by Gasteiger charge is 2.29. The largest absolute Gasteiger partial charge is 0.337 e. The van der Waals surface area contributed by atoms with E-state index in [2.05, 4.69) is 0 Å². The van der Waals surface area contributed by atoms with Crippen LogP contribution in [-0.4, -0.2) is 68.1 Å². The maximum Gasteiger partial charge on any atom is 0.281 e. The molecule has 1 heterocycles. The van der Waals surface area contributed by atoms with Crippen molar-refractivity contribution in [2.45, 2.75) is 6.42 Å². The molecule has 1 fully saturated rings. The van der Waals surface area contributed by atoms with Gasteiger partial charge in [0, 0.05) is 46.3 Å². The van der Waals surface area contributed by atoms with Crippen LogP contribution in [0, 0.1) is 11.6 Å². The molecule has 1 aliphatic rings. The van der Waals surface area contributed by atoms with Crippen molar-refractivity contribution in [2.24, 2.45) is 0 Å². The molecule has 1 amide bonds. The minimum atomic E-state index is -3.55. The fourth-order valence-electron chi connectivity index (χ4n) is 2.39. The summed E-state index contributed by atoms with van der Waals surface area (Å²) in [7, 11) is -0.663. The van der Waals surface area contributed by atoms with Gasteiger partial charge in [-0.05, 0) is 18.6 Å². The number of rotatable bonds is 3. The van der Waals surface area contributed by atoms with Gasteiger partial charge in [0.1, 0.15) is 11.6 Å². The summed E-state index contributed by atoms with van der Waals surface area (Å²) in [6, 6.07) is 2.79. The molecule has 0 bridgehead atoms. The lowest BCUT2D eigenvalue weighted by molar-refractivity contribution is 0.0759. The Morgan fingerprint density at radius 2 is 1.83 bits per heavy atom. The molecule has 0 aliphatic carbocycles. The van der Waals surface area contributed by atoms with Crippen molar-refractivity contribution in [2.75, 3.05) is 40.3 Å². The number of nitrogens with zero attached hydrogens (tertiary/aromatic N) is 3. The summed E-state index contributed by atoms with van der Waals surface area (Å²) in [5, 5.41) is 0. The number of carbonyl (C=O) groups excluding carboxylic acids is 1. The van der Waals surface area contributed by atoms with Crippen molar-refractivity contribution < 1.29 is 22.0 Å². The monoisotopic (exact) mass is 347 g/mol. The van der Waals surface area contributed by atoms with Gasteiger partial charge in [-0.25, -0.2) is 8.78 Å². The van der Waals surface area contributed by atoms with Crippen LogP contribution in [0.2, 0.25) is 0 Å². The Morgan fingerprint density at radius 3 is 2.43 bits per heavy atom. The number of halogens is 2. The molecular formula is C14H19F2N3O3S. The van der Waals surface area contributed by atoms with E-state index in [0.29, 0.717) is 19.0 Å². The summed E-state index contributed by atoms with van der Waals surface area (Å²) in [5.74, 6) is -2.23. The van der Waals surface area contributed by atoms with E-state index in [1.54, 1.807) is 0 Å². The number of hydrogen-bond acceptors (Lipinski definition) is 3. The molecule has 0 radical (unpaired) electrons. The smallest absolute Gasteiger partial charge is 0.281 e. The van der Waals surface area contributed by atoms with Gasteiger partial charge in [-0.2, -0.15) is 17.0 Å². The fourth-order valence-corrected chi connectivity index (χ4v) is 3.53. The minimum Gasteiger partial charge on any atom is -0.337 e. The first-order valence-electron chi connectivity index (χ1n) is 7.15. The zero-order valence-electron chi connectivity index (χ0n) is 13.0. The van der Waals surface area contributed by atoms with Gasteiger partial charge in [0.25, 0.3) is 16.1 Å². The van der Waals surface area contributed by atoms with Crippen molar-refractivity contribution in [1.82, 2.24) is 13.5 Å². The third-order valence-electron chi connectivity index (χ3n) is 3.69. The molecular weight excluding hydrogens is 328 g/mol. The zero-order chi connectivity index (χ0) is 17.2. The van der Waals surface area contributed by atoms with Crippen molar-refractivity contribution in [3.05, 3.63) is 35.4 Å². The SMILES string of the molecule is CN(C)S(=O)(=O)N1CCCN(C(=O)c2ccc(F)cc2F)CC1. The Morgan fingerprint density at radius 1 is 1.13 bits per heavy atom. The third kappa shape index (κ3) is 3.85. The van der Waals surface area contributed by atoms with Crippen molar-refractivity contribution in [3.63, 3.8) is 0 Å². The molecule has 0 N–H and O–H groups in total. The summed E-state index contributed by atoms with van der Waals surface area (Å²) in [5.41, 5.74) is -0.213. The van der Waals surface area contributed by atoms with E-state index in [4.69, 9.17) is 0 Å². The number of benzene rings is 1. The Hall–Kier alpha value is -1.58. The zero-order valence-corrected chi connectivity index (χ0v) is 13.8. The predicted octanol–water partition coefficient (Wildman–Crippen LogP) is 0.919. The normalized spacial score (nSPS) is 17.3. The van der Waals surface area contributed by atoms with Gasteiger partial charge < -0.3 is 4.90 Å². The first kappa shape index (κ1) is 17.8. The van der Waals surface area contributed by atoms with E-state index in [0.717, 1.165) is 16.4 Å². The van der Waals surface area contributed by atoms with Gasteiger partial charge in [0.15, 0.2) is 0 Å². The van der Waals surface area contributed by atoms with Crippen LogP contribution in [0.4, 0.5) is 8.78 Å². The van der Waals surface area contributed by atoms with Gasteiger partial charge in [-0.3, -0.25) is 4.79 Å². The molecule has 1 aromatic rings. The van der Waals surface area contributed by atoms with Gasteiger partial charge >= 0.3 is 0 Å². The van der Waals surface area contributed by atoms with E-state index < -0.39 is 27.8 Å². The van der Waals surface area contributed by atoms with Crippen LogP contribution in [0.5, 0.6) is 0 Å². The molecule has 23 heavy (non-hydrogen) atoms. The first-order chi connectivity index (χ1) is 10.7. The second-order valence-corrected chi connectivity index (χ2v) is 7.60. The molecule has 0 saturated carbocycles. The quantitative estimate of drug-likeness (QED) is 0.817. The molecule has 0 spiro atoms. The topological polar surface area (TPSA) is 60.9 Å². The Bertz CT molecular complexity index is 695. The minimum absolute atomic E-state index is 0.134. The number of amides is 1.